The molecule has 0 radical (unpaired) electrons. The van der Waals surface area contributed by atoms with Crippen molar-refractivity contribution in [2.45, 2.75) is 69.3 Å². The Balaban J connectivity index is 1.83. The van der Waals surface area contributed by atoms with Crippen LogP contribution in [-0.2, 0) is 30.4 Å². The van der Waals surface area contributed by atoms with Gasteiger partial charge in [-0.25, -0.2) is 4.79 Å². The third-order valence-corrected chi connectivity index (χ3v) is 6.61. The van der Waals surface area contributed by atoms with Crippen LogP contribution >= 0.6 is 0 Å². The fourth-order valence-corrected chi connectivity index (χ4v) is 4.53. The third-order valence-electron chi connectivity index (χ3n) is 6.61. The summed E-state index contributed by atoms with van der Waals surface area (Å²) in [6.07, 6.45) is 0.557. The molecule has 206 valence electrons. The number of nitrogens with one attached hydrogen (secondary N) is 3. The molecular formula is C25H33N5O8. The molecule has 38 heavy (non-hydrogen) atoms. The second kappa shape index (κ2) is 12.5. The maximum Gasteiger partial charge on any atom is 0.326 e. The minimum Gasteiger partial charge on any atom is -0.481 e. The molecule has 1 fully saturated rings. The summed E-state index contributed by atoms with van der Waals surface area (Å²) in [4.78, 5) is 65.9. The number of nitrogens with two attached hydrogens (primary N) is 1. The highest BCUT2D eigenvalue weighted by molar-refractivity contribution is 5.95. The first-order chi connectivity index (χ1) is 18.0. The number of rotatable bonds is 12. The average molecular weight is 532 g/mol. The number of aliphatic carboxylic acids is 2. The lowest BCUT2D eigenvalue weighted by Gasteiger charge is -2.30. The van der Waals surface area contributed by atoms with E-state index < -0.39 is 59.9 Å². The van der Waals surface area contributed by atoms with Gasteiger partial charge in [0.05, 0.1) is 12.1 Å². The zero-order valence-corrected chi connectivity index (χ0v) is 20.9. The van der Waals surface area contributed by atoms with Crippen LogP contribution in [0.1, 0.15) is 38.2 Å². The SMILES string of the molecule is CC(O)C(NC(=O)C(Cc1c[nH]c2ccccc12)NC(=O)C(N)CCC(=O)O)C(=O)N1CCCC1C(=O)O. The van der Waals surface area contributed by atoms with E-state index >= 15 is 0 Å². The largest absolute Gasteiger partial charge is 0.481 e. The molecule has 5 atom stereocenters. The number of fused-ring (bicyclic) bond motifs is 1. The number of carboxylic acids is 2. The summed E-state index contributed by atoms with van der Waals surface area (Å²) in [5.41, 5.74) is 7.32. The molecule has 1 aliphatic heterocycles. The summed E-state index contributed by atoms with van der Waals surface area (Å²) in [5, 5.41) is 34.5. The van der Waals surface area contributed by atoms with Crippen LogP contribution in [-0.4, -0.2) is 91.7 Å². The molecule has 1 aromatic heterocycles. The number of aliphatic hydroxyl groups excluding tert-OH is 1. The van der Waals surface area contributed by atoms with Gasteiger partial charge in [-0.05, 0) is 37.8 Å². The van der Waals surface area contributed by atoms with E-state index in [-0.39, 0.29) is 32.2 Å². The molecule has 5 unspecified atom stereocenters. The highest BCUT2D eigenvalue weighted by atomic mass is 16.4. The first-order valence-electron chi connectivity index (χ1n) is 12.3. The van der Waals surface area contributed by atoms with Crippen LogP contribution < -0.4 is 16.4 Å². The van der Waals surface area contributed by atoms with Crippen LogP contribution in [0.15, 0.2) is 30.5 Å². The van der Waals surface area contributed by atoms with E-state index in [0.29, 0.717) is 12.0 Å². The van der Waals surface area contributed by atoms with Crippen LogP contribution in [0.5, 0.6) is 0 Å². The number of carbonyl (C=O) groups is 5. The number of hydrogen-bond donors (Lipinski definition) is 7. The van der Waals surface area contributed by atoms with Gasteiger partial charge in [-0.3, -0.25) is 19.2 Å². The topological polar surface area (TPSA) is 215 Å². The van der Waals surface area contributed by atoms with E-state index in [9.17, 15) is 34.2 Å². The molecule has 0 spiro atoms. The van der Waals surface area contributed by atoms with Gasteiger partial charge in [0.1, 0.15) is 18.1 Å². The molecule has 3 amide bonds. The predicted octanol–water partition coefficient (Wildman–Crippen LogP) is -0.671. The number of likely N-dealkylation sites (tertiary alicyclic amines) is 1. The first kappa shape index (κ1) is 28.6. The summed E-state index contributed by atoms with van der Waals surface area (Å²) in [6, 6.07) is 2.37. The Hall–Kier alpha value is -3.97. The molecule has 1 aliphatic rings. The Kier molecular flexibility index (Phi) is 9.42. The van der Waals surface area contributed by atoms with Gasteiger partial charge in [-0.15, -0.1) is 0 Å². The lowest BCUT2D eigenvalue weighted by atomic mass is 10.0. The van der Waals surface area contributed by atoms with Crippen LogP contribution in [0.3, 0.4) is 0 Å². The summed E-state index contributed by atoms with van der Waals surface area (Å²) in [6.45, 7) is 1.46. The highest BCUT2D eigenvalue weighted by Gasteiger charge is 2.40. The molecular weight excluding hydrogens is 498 g/mol. The Labute approximate surface area is 218 Å². The molecule has 0 saturated carbocycles. The van der Waals surface area contributed by atoms with Crippen molar-refractivity contribution in [3.05, 3.63) is 36.0 Å². The van der Waals surface area contributed by atoms with E-state index in [1.54, 1.807) is 6.20 Å². The van der Waals surface area contributed by atoms with Gasteiger partial charge in [0.25, 0.3) is 0 Å². The monoisotopic (exact) mass is 531 g/mol. The minimum atomic E-state index is -1.45. The molecule has 0 bridgehead atoms. The average Bonchev–Trinajstić information content (AvgIpc) is 3.52. The van der Waals surface area contributed by atoms with Gasteiger partial charge in [-0.1, -0.05) is 18.2 Å². The minimum absolute atomic E-state index is 0.00454. The lowest BCUT2D eigenvalue weighted by molar-refractivity contribution is -0.150. The number of benzene rings is 1. The van der Waals surface area contributed by atoms with Crippen molar-refractivity contribution in [2.24, 2.45) is 5.73 Å². The maximum atomic E-state index is 13.4. The number of H-pyrrole nitrogens is 1. The van der Waals surface area contributed by atoms with Crippen molar-refractivity contribution in [3.8, 4) is 0 Å². The molecule has 13 nitrogen and oxygen atoms in total. The van der Waals surface area contributed by atoms with Crippen LogP contribution in [0.2, 0.25) is 0 Å². The van der Waals surface area contributed by atoms with E-state index in [2.05, 4.69) is 15.6 Å². The molecule has 3 rings (SSSR count). The number of aromatic amines is 1. The number of hydrogen-bond acceptors (Lipinski definition) is 7. The normalized spacial score (nSPS) is 18.4. The van der Waals surface area contributed by atoms with Crippen LogP contribution in [0, 0.1) is 0 Å². The summed E-state index contributed by atoms with van der Waals surface area (Å²) < 4.78 is 0. The number of nitrogens with zero attached hydrogens (tertiary/aromatic N) is 1. The highest BCUT2D eigenvalue weighted by Crippen LogP contribution is 2.21. The summed E-state index contributed by atoms with van der Waals surface area (Å²) >= 11 is 0. The van der Waals surface area contributed by atoms with Gasteiger partial charge in [-0.2, -0.15) is 0 Å². The molecule has 2 aromatic rings. The molecule has 1 aromatic carbocycles. The number of para-hydroxylation sites is 1. The fraction of sp³-hybridized carbons (Fsp3) is 0.480. The Morgan fingerprint density at radius 2 is 1.84 bits per heavy atom. The van der Waals surface area contributed by atoms with Gasteiger partial charge in [0, 0.05) is 36.5 Å². The van der Waals surface area contributed by atoms with Crippen LogP contribution in [0.4, 0.5) is 0 Å². The number of aliphatic hydroxyl groups is 1. The molecule has 13 heteroatoms. The van der Waals surface area contributed by atoms with Crippen molar-refractivity contribution in [1.29, 1.82) is 0 Å². The van der Waals surface area contributed by atoms with Gasteiger partial charge >= 0.3 is 11.9 Å². The quantitative estimate of drug-likeness (QED) is 0.184. The van der Waals surface area contributed by atoms with Gasteiger partial charge in [0.2, 0.25) is 17.7 Å². The Morgan fingerprint density at radius 1 is 1.13 bits per heavy atom. The molecule has 2 heterocycles. The molecule has 1 saturated heterocycles. The zero-order chi connectivity index (χ0) is 28.0. The first-order valence-corrected chi connectivity index (χ1v) is 12.3. The van der Waals surface area contributed by atoms with Crippen molar-refractivity contribution < 1.29 is 39.3 Å². The second-order valence-electron chi connectivity index (χ2n) is 9.42. The van der Waals surface area contributed by atoms with Crippen molar-refractivity contribution in [3.63, 3.8) is 0 Å². The third kappa shape index (κ3) is 6.86. The van der Waals surface area contributed by atoms with Crippen LogP contribution in [0.25, 0.3) is 10.9 Å². The predicted molar refractivity (Wildman–Crippen MR) is 135 cm³/mol. The Morgan fingerprint density at radius 3 is 2.50 bits per heavy atom. The summed E-state index contributed by atoms with van der Waals surface area (Å²) in [5.74, 6) is -4.59. The maximum absolute atomic E-state index is 13.4. The van der Waals surface area contributed by atoms with E-state index in [1.165, 1.54) is 6.92 Å². The molecule has 8 N–H and O–H groups in total. The standard InChI is InChI=1S/C25H33N5O8/c1-13(31)21(24(36)30-10-4-7-19(30)25(37)38)29-23(35)18(28-22(34)16(26)8-9-20(32)33)11-14-12-27-17-6-3-2-5-15(14)17/h2-3,5-6,12-13,16,18-19,21,27,31H,4,7-11,26H2,1H3,(H,28,34)(H,29,35)(H,32,33)(H,37,38). The molecule has 0 aliphatic carbocycles. The van der Waals surface area contributed by atoms with E-state index in [1.807, 2.05) is 24.3 Å². The van der Waals surface area contributed by atoms with Crippen molar-refractivity contribution in [2.75, 3.05) is 6.54 Å². The number of carboxylic acid groups (broad SMARTS) is 2. The smallest absolute Gasteiger partial charge is 0.326 e. The number of aromatic nitrogens is 1. The number of carbonyl (C=O) groups excluding carboxylic acids is 3. The van der Waals surface area contributed by atoms with Gasteiger partial charge < -0.3 is 41.6 Å². The lowest BCUT2D eigenvalue weighted by Crippen LogP contribution is -2.60. The van der Waals surface area contributed by atoms with Crippen molar-refractivity contribution in [1.82, 2.24) is 20.5 Å². The Bertz CT molecular complexity index is 1200. The van der Waals surface area contributed by atoms with E-state index in [4.69, 9.17) is 10.8 Å². The van der Waals surface area contributed by atoms with Crippen molar-refractivity contribution >= 4 is 40.6 Å². The second-order valence-corrected chi connectivity index (χ2v) is 9.42. The fourth-order valence-electron chi connectivity index (χ4n) is 4.53. The zero-order valence-electron chi connectivity index (χ0n) is 20.9. The number of amides is 3. The van der Waals surface area contributed by atoms with E-state index in [0.717, 1.165) is 15.8 Å². The van der Waals surface area contributed by atoms with Gasteiger partial charge in [0.15, 0.2) is 0 Å². The summed E-state index contributed by atoms with van der Waals surface area (Å²) in [7, 11) is 0.